The van der Waals surface area contributed by atoms with Gasteiger partial charge in [-0.1, -0.05) is 39.5 Å². The fourth-order valence-corrected chi connectivity index (χ4v) is 10.5. The lowest BCUT2D eigenvalue weighted by atomic mass is 9.49. The normalized spacial score (nSPS) is 23.9. The lowest BCUT2D eigenvalue weighted by Gasteiger charge is -2.63. The quantitative estimate of drug-likeness (QED) is 0.224. The molecule has 4 heterocycles. The first-order chi connectivity index (χ1) is 29.1. The first-order valence-electron chi connectivity index (χ1n) is 21.2. The molecule has 0 spiro atoms. The van der Waals surface area contributed by atoms with Gasteiger partial charge in [-0.15, -0.1) is 0 Å². The average Bonchev–Trinajstić information content (AvgIpc) is 3.50. The van der Waals surface area contributed by atoms with Crippen LogP contribution in [0.5, 0.6) is 5.75 Å². The second-order valence-electron chi connectivity index (χ2n) is 18.3. The van der Waals surface area contributed by atoms with Crippen LogP contribution >= 0.6 is 0 Å². The van der Waals surface area contributed by atoms with Gasteiger partial charge in [-0.25, -0.2) is 4.39 Å². The number of carbonyl (C=O) groups is 5. The van der Waals surface area contributed by atoms with Crippen LogP contribution in [-0.4, -0.2) is 89.7 Å². The molecular weight excluding hydrogens is 776 g/mol. The van der Waals surface area contributed by atoms with Crippen molar-refractivity contribution in [3.8, 4) is 23.7 Å². The zero-order valence-electron chi connectivity index (χ0n) is 35.3. The van der Waals surface area contributed by atoms with Gasteiger partial charge in [-0.3, -0.25) is 34.2 Å². The van der Waals surface area contributed by atoms with Gasteiger partial charge < -0.3 is 19.9 Å². The molecule has 4 aliphatic heterocycles. The lowest BCUT2D eigenvalue weighted by molar-refractivity contribution is -0.164. The number of benzene rings is 3. The number of hydrogen-bond acceptors (Lipinski definition) is 9. The molecule has 1 aliphatic carbocycles. The topological polar surface area (TPSA) is 152 Å². The van der Waals surface area contributed by atoms with Gasteiger partial charge in [0.05, 0.1) is 16.7 Å². The zero-order chi connectivity index (χ0) is 43.4. The molecule has 5 amide bonds. The Hall–Kier alpha value is -6.05. The van der Waals surface area contributed by atoms with Gasteiger partial charge >= 0.3 is 0 Å². The number of nitrogens with one attached hydrogen (secondary N) is 2. The highest BCUT2D eigenvalue weighted by atomic mass is 19.1. The van der Waals surface area contributed by atoms with Crippen molar-refractivity contribution in [3.63, 3.8) is 0 Å². The standard InChI is InChI=1S/C48H51FN6O6/c1-28-38(16-12-32(27-50)40(28)49)61-46-47(2,3)45(48(46,4)5)52-41(57)31-10-8-29(9-11-31)6-7-30-18-22-53(23-19-30)33-20-24-54(25-21-33)34-13-14-35-36(26-34)44(60)55(43(35)59)37-15-17-39(56)51-42(37)58/h8-14,16,26,30,33,37,45-46H,15,17-25H2,1-5H3,(H,52,57)(H,51,56,58)/t37?,45-,46-. The molecule has 0 radical (unpaired) electrons. The minimum absolute atomic E-state index is 0.0209. The fourth-order valence-electron chi connectivity index (χ4n) is 10.5. The second kappa shape index (κ2) is 16.1. The monoisotopic (exact) mass is 826 g/mol. The number of likely N-dealkylation sites (tertiary alicyclic amines) is 1. The highest BCUT2D eigenvalue weighted by Gasteiger charge is 2.64. The smallest absolute Gasteiger partial charge is 0.262 e. The predicted molar refractivity (Wildman–Crippen MR) is 225 cm³/mol. The number of rotatable bonds is 7. The Bertz CT molecular complexity index is 2400. The van der Waals surface area contributed by atoms with Crippen LogP contribution in [0.3, 0.4) is 0 Å². The van der Waals surface area contributed by atoms with E-state index in [0.29, 0.717) is 28.5 Å². The molecule has 3 aromatic rings. The average molecular weight is 827 g/mol. The molecule has 1 saturated carbocycles. The molecule has 8 rings (SSSR count). The van der Waals surface area contributed by atoms with Gasteiger partial charge in [-0.2, -0.15) is 5.26 Å². The number of halogens is 1. The van der Waals surface area contributed by atoms with Crippen molar-refractivity contribution < 1.29 is 33.1 Å². The molecule has 3 saturated heterocycles. The van der Waals surface area contributed by atoms with E-state index in [1.807, 2.05) is 52.0 Å². The Balaban J connectivity index is 0.798. The van der Waals surface area contributed by atoms with E-state index in [4.69, 9.17) is 4.74 Å². The van der Waals surface area contributed by atoms with E-state index in [1.54, 1.807) is 37.3 Å². The Morgan fingerprint density at radius 3 is 2.20 bits per heavy atom. The first-order valence-corrected chi connectivity index (χ1v) is 21.2. The van der Waals surface area contributed by atoms with Crippen molar-refractivity contribution >= 4 is 35.2 Å². The molecule has 13 heteroatoms. The molecular formula is C48H51FN6O6. The van der Waals surface area contributed by atoms with Crippen molar-refractivity contribution in [2.24, 2.45) is 16.7 Å². The van der Waals surface area contributed by atoms with E-state index in [2.05, 4.69) is 32.3 Å². The largest absolute Gasteiger partial charge is 0.489 e. The first kappa shape index (κ1) is 41.7. The predicted octanol–water partition coefficient (Wildman–Crippen LogP) is 5.75. The second-order valence-corrected chi connectivity index (χ2v) is 18.3. The molecule has 316 valence electrons. The third kappa shape index (κ3) is 7.65. The van der Waals surface area contributed by atoms with Crippen LogP contribution in [0.1, 0.15) is 114 Å². The van der Waals surface area contributed by atoms with Crippen LogP contribution in [0.15, 0.2) is 54.6 Å². The summed E-state index contributed by atoms with van der Waals surface area (Å²) in [6, 6.07) is 16.9. The number of ether oxygens (including phenoxy) is 1. The minimum Gasteiger partial charge on any atom is -0.489 e. The van der Waals surface area contributed by atoms with Gasteiger partial charge in [-0.05, 0) is 107 Å². The van der Waals surface area contributed by atoms with E-state index in [0.717, 1.165) is 68.0 Å². The summed E-state index contributed by atoms with van der Waals surface area (Å²) in [5.41, 5.74) is 2.25. The lowest BCUT2D eigenvalue weighted by Crippen LogP contribution is -2.74. The Morgan fingerprint density at radius 2 is 1.54 bits per heavy atom. The van der Waals surface area contributed by atoms with Crippen LogP contribution in [0.25, 0.3) is 0 Å². The Morgan fingerprint density at radius 1 is 0.869 bits per heavy atom. The molecule has 12 nitrogen and oxygen atoms in total. The maximum absolute atomic E-state index is 14.7. The van der Waals surface area contributed by atoms with E-state index in [9.17, 15) is 33.6 Å². The minimum atomic E-state index is -0.980. The van der Waals surface area contributed by atoms with Crippen LogP contribution in [-0.2, 0) is 9.59 Å². The van der Waals surface area contributed by atoms with Crippen LogP contribution in [0.4, 0.5) is 10.1 Å². The van der Waals surface area contributed by atoms with Gasteiger partial charge in [0.1, 0.15) is 29.8 Å². The summed E-state index contributed by atoms with van der Waals surface area (Å²) in [4.78, 5) is 69.8. The van der Waals surface area contributed by atoms with Crippen molar-refractivity contribution in [3.05, 3.63) is 93.8 Å². The van der Waals surface area contributed by atoms with Gasteiger partial charge in [0.15, 0.2) is 0 Å². The number of hydrogen-bond donors (Lipinski definition) is 2. The van der Waals surface area contributed by atoms with Gasteiger partial charge in [0.25, 0.3) is 17.7 Å². The van der Waals surface area contributed by atoms with E-state index in [-0.39, 0.29) is 47.9 Å². The summed E-state index contributed by atoms with van der Waals surface area (Å²) < 4.78 is 21.0. The third-order valence-corrected chi connectivity index (χ3v) is 13.7. The number of nitrogens with zero attached hydrogens (tertiary/aromatic N) is 4. The van der Waals surface area contributed by atoms with Crippen molar-refractivity contribution in [2.75, 3.05) is 31.1 Å². The molecule has 4 fully saturated rings. The number of nitriles is 1. The van der Waals surface area contributed by atoms with Crippen LogP contribution in [0, 0.1) is 52.7 Å². The Labute approximate surface area is 355 Å². The van der Waals surface area contributed by atoms with E-state index < -0.39 is 46.3 Å². The molecule has 2 N–H and O–H groups in total. The highest BCUT2D eigenvalue weighted by molar-refractivity contribution is 6.23. The maximum Gasteiger partial charge on any atom is 0.262 e. The van der Waals surface area contributed by atoms with Gasteiger partial charge in [0, 0.05) is 70.7 Å². The van der Waals surface area contributed by atoms with E-state index >= 15 is 0 Å². The number of piperidine rings is 3. The number of carbonyl (C=O) groups excluding carboxylic acids is 5. The number of imide groups is 2. The van der Waals surface area contributed by atoms with E-state index in [1.165, 1.54) is 6.07 Å². The van der Waals surface area contributed by atoms with Gasteiger partial charge in [0.2, 0.25) is 11.8 Å². The van der Waals surface area contributed by atoms with Crippen LogP contribution in [0.2, 0.25) is 0 Å². The SMILES string of the molecule is Cc1c(O[C@H]2C(C)(C)[C@H](NC(=O)c3ccc(C#CC4CCN(C5CCN(c6ccc7c(c6)C(=O)N(C6CCC(=O)NC6=O)C7=O)CC5)CC4)cc3)C2(C)C)ccc(C#N)c1F. The number of amides is 5. The summed E-state index contributed by atoms with van der Waals surface area (Å²) in [6.07, 6.45) is 3.83. The zero-order valence-corrected chi connectivity index (χ0v) is 35.3. The van der Waals surface area contributed by atoms with Crippen molar-refractivity contribution in [2.45, 2.75) is 97.4 Å². The third-order valence-electron chi connectivity index (χ3n) is 13.7. The molecule has 0 bridgehead atoms. The molecule has 3 aromatic carbocycles. The van der Waals surface area contributed by atoms with Crippen molar-refractivity contribution in [1.82, 2.24) is 20.4 Å². The summed E-state index contributed by atoms with van der Waals surface area (Å²) in [7, 11) is 0. The highest BCUT2D eigenvalue weighted by Crippen LogP contribution is 2.56. The summed E-state index contributed by atoms with van der Waals surface area (Å²) in [5, 5.41) is 14.6. The number of anilines is 1. The molecule has 0 aromatic heterocycles. The Kier molecular flexibility index (Phi) is 11.0. The molecule has 61 heavy (non-hydrogen) atoms. The summed E-state index contributed by atoms with van der Waals surface area (Å²) in [6.45, 7) is 13.3. The number of fused-ring (bicyclic) bond motifs is 1. The molecule has 1 unspecified atom stereocenters. The summed E-state index contributed by atoms with van der Waals surface area (Å²) in [5.74, 6) is 4.73. The van der Waals surface area contributed by atoms with Crippen LogP contribution < -0.4 is 20.3 Å². The summed E-state index contributed by atoms with van der Waals surface area (Å²) >= 11 is 0. The fraction of sp³-hybridized carbons (Fsp3) is 0.458. The van der Waals surface area contributed by atoms with Crippen molar-refractivity contribution in [1.29, 1.82) is 5.26 Å². The maximum atomic E-state index is 14.7. The molecule has 1 atom stereocenters. The molecule has 5 aliphatic rings.